The van der Waals surface area contributed by atoms with E-state index < -0.39 is 27.5 Å². The van der Waals surface area contributed by atoms with Gasteiger partial charge in [-0.25, -0.2) is 28.2 Å². The van der Waals surface area contributed by atoms with Crippen molar-refractivity contribution in [1.29, 1.82) is 0 Å². The van der Waals surface area contributed by atoms with Crippen LogP contribution >= 0.6 is 11.3 Å². The Balaban J connectivity index is 1.25. The second-order valence-corrected chi connectivity index (χ2v) is 13.7. The number of carbonyl (C=O) groups is 2. The third-order valence-electron chi connectivity index (χ3n) is 7.72. The highest BCUT2D eigenvalue weighted by molar-refractivity contribution is 7.89. The maximum absolute atomic E-state index is 13.8. The van der Waals surface area contributed by atoms with E-state index in [1.807, 2.05) is 18.7 Å². The SMILES string of the molecule is CCN(CC)CCOC(=O)c1ccc(NC(=O)Cn2cnc3sc(C)c(S(=O)(=O)N4CCN(c5ncccn5)CC4)c3c2=O)cc1. The third kappa shape index (κ3) is 7.25. The number of nitrogens with one attached hydrogen (secondary N) is 1. The molecule has 1 saturated heterocycles. The number of benzene rings is 1. The topological polar surface area (TPSA) is 160 Å². The smallest absolute Gasteiger partial charge is 0.338 e. The molecule has 0 bridgehead atoms. The van der Waals surface area contributed by atoms with Crippen molar-refractivity contribution in [2.45, 2.75) is 32.2 Å². The van der Waals surface area contributed by atoms with Gasteiger partial charge < -0.3 is 19.9 Å². The molecule has 1 aliphatic heterocycles. The van der Waals surface area contributed by atoms with Crippen LogP contribution in [0.1, 0.15) is 29.1 Å². The first kappa shape index (κ1) is 33.1. The highest BCUT2D eigenvalue weighted by Gasteiger charge is 2.34. The van der Waals surface area contributed by atoms with Crippen LogP contribution in [0.15, 0.2) is 58.7 Å². The number of likely N-dealkylation sites (N-methyl/N-ethyl adjacent to an activating group) is 1. The molecule has 4 heterocycles. The summed E-state index contributed by atoms with van der Waals surface area (Å²) in [7, 11) is -4.04. The standard InChI is InChI=1S/C30H36N8O6S2/c1-4-35(5-2)17-18-44-29(41)22-7-9-23(10-8-22)34-24(39)19-37-20-33-27-25(28(37)40)26(21(3)45-27)46(42,43)38-15-13-36(14-16-38)30-31-11-6-12-32-30/h6-12,20H,4-5,13-19H2,1-3H3,(H,34,39). The van der Waals surface area contributed by atoms with Crippen molar-refractivity contribution >= 4 is 55.1 Å². The minimum Gasteiger partial charge on any atom is -0.461 e. The minimum atomic E-state index is -4.04. The summed E-state index contributed by atoms with van der Waals surface area (Å²) in [5, 5.41) is 2.67. The Kier molecular flexibility index (Phi) is 10.4. The lowest BCUT2D eigenvalue weighted by molar-refractivity contribution is -0.116. The Labute approximate surface area is 270 Å². The van der Waals surface area contributed by atoms with Crippen molar-refractivity contribution in [2.24, 2.45) is 0 Å². The molecule has 0 radical (unpaired) electrons. The van der Waals surface area contributed by atoms with Crippen molar-refractivity contribution in [3.8, 4) is 0 Å². The molecule has 5 rings (SSSR count). The average molecular weight is 669 g/mol. The van der Waals surface area contributed by atoms with Crippen LogP contribution < -0.4 is 15.8 Å². The van der Waals surface area contributed by atoms with E-state index in [9.17, 15) is 22.8 Å². The number of thiophene rings is 1. The van der Waals surface area contributed by atoms with E-state index in [2.05, 4.69) is 25.2 Å². The van der Waals surface area contributed by atoms with E-state index in [4.69, 9.17) is 4.74 Å². The molecule has 0 saturated carbocycles. The molecule has 3 aromatic heterocycles. The number of hydrogen-bond donors (Lipinski definition) is 1. The quantitative estimate of drug-likeness (QED) is 0.221. The van der Waals surface area contributed by atoms with Crippen LogP contribution in [-0.2, 0) is 26.1 Å². The molecular formula is C30H36N8O6S2. The van der Waals surface area contributed by atoms with Crippen molar-refractivity contribution < 1.29 is 22.7 Å². The summed E-state index contributed by atoms with van der Waals surface area (Å²) < 4.78 is 35.5. The number of sulfonamides is 1. The van der Waals surface area contributed by atoms with E-state index in [-0.39, 0.29) is 41.4 Å². The third-order valence-corrected chi connectivity index (χ3v) is 10.9. The van der Waals surface area contributed by atoms with Crippen LogP contribution in [0.4, 0.5) is 11.6 Å². The van der Waals surface area contributed by atoms with E-state index in [1.54, 1.807) is 49.6 Å². The summed E-state index contributed by atoms with van der Waals surface area (Å²) >= 11 is 1.12. The largest absolute Gasteiger partial charge is 0.461 e. The first-order valence-electron chi connectivity index (χ1n) is 14.9. The minimum absolute atomic E-state index is 0.0320. The Hall–Kier alpha value is -4.25. The lowest BCUT2D eigenvalue weighted by Crippen LogP contribution is -2.49. The van der Waals surface area contributed by atoms with Gasteiger partial charge in [0.1, 0.15) is 22.9 Å². The van der Waals surface area contributed by atoms with Gasteiger partial charge in [-0.05, 0) is 50.3 Å². The van der Waals surface area contributed by atoms with Crippen molar-refractivity contribution in [3.63, 3.8) is 0 Å². The zero-order chi connectivity index (χ0) is 32.8. The fourth-order valence-electron chi connectivity index (χ4n) is 5.18. The molecule has 4 aromatic rings. The van der Waals surface area contributed by atoms with Crippen LogP contribution in [0.25, 0.3) is 10.2 Å². The molecule has 1 amide bonds. The highest BCUT2D eigenvalue weighted by Crippen LogP contribution is 2.33. The molecule has 0 aliphatic carbocycles. The molecule has 1 N–H and O–H groups in total. The summed E-state index contributed by atoms with van der Waals surface area (Å²) in [5.41, 5.74) is 0.142. The molecule has 16 heteroatoms. The fourth-order valence-corrected chi connectivity index (χ4v) is 8.27. The van der Waals surface area contributed by atoms with E-state index >= 15 is 0 Å². The van der Waals surface area contributed by atoms with Crippen LogP contribution in [0.3, 0.4) is 0 Å². The van der Waals surface area contributed by atoms with Gasteiger partial charge in [0.05, 0.1) is 17.3 Å². The number of aromatic nitrogens is 4. The van der Waals surface area contributed by atoms with Crippen molar-refractivity contribution in [2.75, 3.05) is 62.6 Å². The predicted molar refractivity (Wildman–Crippen MR) is 175 cm³/mol. The van der Waals surface area contributed by atoms with Crippen LogP contribution in [0.5, 0.6) is 0 Å². The Morgan fingerprint density at radius 2 is 1.70 bits per heavy atom. The first-order chi connectivity index (χ1) is 22.1. The van der Waals surface area contributed by atoms with Gasteiger partial charge in [0.2, 0.25) is 21.9 Å². The first-order valence-corrected chi connectivity index (χ1v) is 17.2. The predicted octanol–water partition coefficient (Wildman–Crippen LogP) is 2.20. The van der Waals surface area contributed by atoms with E-state index in [1.165, 1.54) is 10.6 Å². The second-order valence-electron chi connectivity index (χ2n) is 10.6. The van der Waals surface area contributed by atoms with Gasteiger partial charge in [-0.3, -0.25) is 14.2 Å². The summed E-state index contributed by atoms with van der Waals surface area (Å²) in [4.78, 5) is 56.4. The number of hydrogen-bond acceptors (Lipinski definition) is 12. The maximum Gasteiger partial charge on any atom is 0.338 e. The molecule has 244 valence electrons. The molecule has 46 heavy (non-hydrogen) atoms. The molecule has 0 spiro atoms. The second kappa shape index (κ2) is 14.5. The Bertz CT molecular complexity index is 1850. The zero-order valence-corrected chi connectivity index (χ0v) is 27.5. The number of rotatable bonds is 12. The lowest BCUT2D eigenvalue weighted by Gasteiger charge is -2.33. The van der Waals surface area contributed by atoms with Crippen LogP contribution in [0, 0.1) is 6.92 Å². The number of carbonyl (C=O) groups excluding carboxylic acids is 2. The van der Waals surface area contributed by atoms with Crippen molar-refractivity contribution in [1.82, 2.24) is 28.7 Å². The number of esters is 1. The number of piperazine rings is 1. The fraction of sp³-hybridized carbons (Fsp3) is 0.400. The van der Waals surface area contributed by atoms with E-state index in [0.29, 0.717) is 41.7 Å². The van der Waals surface area contributed by atoms with Gasteiger partial charge in [0.15, 0.2) is 0 Å². The number of aryl methyl sites for hydroxylation is 1. The van der Waals surface area contributed by atoms with Crippen LogP contribution in [0.2, 0.25) is 0 Å². The van der Waals surface area contributed by atoms with Crippen LogP contribution in [-0.4, -0.2) is 101 Å². The Morgan fingerprint density at radius 3 is 2.35 bits per heavy atom. The van der Waals surface area contributed by atoms with Gasteiger partial charge in [0, 0.05) is 55.7 Å². The molecular weight excluding hydrogens is 633 g/mol. The van der Waals surface area contributed by atoms with Gasteiger partial charge in [-0.2, -0.15) is 4.31 Å². The molecule has 1 aliphatic rings. The number of anilines is 2. The number of nitrogens with zero attached hydrogens (tertiary/aromatic N) is 7. The molecule has 14 nitrogen and oxygen atoms in total. The number of amides is 1. The lowest BCUT2D eigenvalue weighted by atomic mass is 10.2. The summed E-state index contributed by atoms with van der Waals surface area (Å²) in [6.45, 7) is 9.19. The summed E-state index contributed by atoms with van der Waals surface area (Å²) in [5.74, 6) is -0.449. The van der Waals surface area contributed by atoms with Gasteiger partial charge in [-0.1, -0.05) is 13.8 Å². The molecule has 0 atom stereocenters. The van der Waals surface area contributed by atoms with Crippen molar-refractivity contribution in [3.05, 3.63) is 69.8 Å². The zero-order valence-electron chi connectivity index (χ0n) is 25.9. The average Bonchev–Trinajstić information content (AvgIpc) is 3.42. The number of fused-ring (bicyclic) bond motifs is 1. The van der Waals surface area contributed by atoms with Gasteiger partial charge >= 0.3 is 5.97 Å². The van der Waals surface area contributed by atoms with Gasteiger partial charge in [0.25, 0.3) is 5.56 Å². The number of ether oxygens (including phenoxy) is 1. The highest BCUT2D eigenvalue weighted by atomic mass is 32.2. The Morgan fingerprint density at radius 1 is 1.02 bits per heavy atom. The molecule has 1 aromatic carbocycles. The molecule has 1 fully saturated rings. The summed E-state index contributed by atoms with van der Waals surface area (Å²) in [6.07, 6.45) is 4.51. The summed E-state index contributed by atoms with van der Waals surface area (Å²) in [6, 6.07) is 7.95. The normalized spacial score (nSPS) is 14.1. The monoisotopic (exact) mass is 668 g/mol. The van der Waals surface area contributed by atoms with E-state index in [0.717, 1.165) is 29.0 Å². The maximum atomic E-state index is 13.8. The molecule has 0 unspecified atom stereocenters. The van der Waals surface area contributed by atoms with Gasteiger partial charge in [-0.15, -0.1) is 11.3 Å².